The highest BCUT2D eigenvalue weighted by Crippen LogP contribution is 2.36. The zero-order valence-electron chi connectivity index (χ0n) is 12.3. The van der Waals surface area contributed by atoms with Crippen molar-refractivity contribution in [2.75, 3.05) is 44.3 Å². The first-order valence-corrected chi connectivity index (χ1v) is 7.93. The molecule has 21 heavy (non-hydrogen) atoms. The van der Waals surface area contributed by atoms with Crippen LogP contribution < -0.4 is 10.2 Å². The number of H-pyrrole nitrogens is 1. The van der Waals surface area contributed by atoms with Crippen molar-refractivity contribution in [1.29, 1.82) is 0 Å². The van der Waals surface area contributed by atoms with Crippen molar-refractivity contribution in [2.24, 2.45) is 0 Å². The Morgan fingerprint density at radius 2 is 2.00 bits per heavy atom. The van der Waals surface area contributed by atoms with Gasteiger partial charge in [-0.05, 0) is 30.4 Å². The van der Waals surface area contributed by atoms with Crippen molar-refractivity contribution in [3.05, 3.63) is 24.0 Å². The zero-order valence-corrected chi connectivity index (χ0v) is 12.3. The second-order valence-electron chi connectivity index (χ2n) is 5.92. The molecular weight excluding hydrogens is 264 g/mol. The van der Waals surface area contributed by atoms with E-state index in [4.69, 9.17) is 4.74 Å². The molecular formula is C16H22N4O. The van der Waals surface area contributed by atoms with E-state index in [1.165, 1.54) is 16.6 Å². The van der Waals surface area contributed by atoms with Crippen LogP contribution in [0, 0.1) is 0 Å². The molecule has 0 unspecified atom stereocenters. The van der Waals surface area contributed by atoms with E-state index in [-0.39, 0.29) is 0 Å². The van der Waals surface area contributed by atoms with Crippen molar-refractivity contribution in [2.45, 2.75) is 18.8 Å². The number of hydrogen-bond acceptors (Lipinski definition) is 4. The molecule has 0 saturated carbocycles. The van der Waals surface area contributed by atoms with Gasteiger partial charge in [0.1, 0.15) is 5.65 Å². The molecule has 0 aromatic carbocycles. The summed E-state index contributed by atoms with van der Waals surface area (Å²) in [5.74, 6) is 0.596. The van der Waals surface area contributed by atoms with Gasteiger partial charge in [0.2, 0.25) is 0 Å². The van der Waals surface area contributed by atoms with E-state index in [1.807, 2.05) is 6.20 Å². The fourth-order valence-electron chi connectivity index (χ4n) is 3.56. The number of nitrogens with zero attached hydrogens (tertiary/aromatic N) is 2. The van der Waals surface area contributed by atoms with Gasteiger partial charge in [-0.1, -0.05) is 0 Å². The summed E-state index contributed by atoms with van der Waals surface area (Å²) in [6, 6.07) is 2.17. The highest BCUT2D eigenvalue weighted by Gasteiger charge is 2.23. The highest BCUT2D eigenvalue weighted by atomic mass is 16.5. The Hall–Kier alpha value is -1.59. The van der Waals surface area contributed by atoms with E-state index in [0.29, 0.717) is 5.92 Å². The molecule has 2 saturated heterocycles. The smallest absolute Gasteiger partial charge is 0.139 e. The molecule has 0 bridgehead atoms. The van der Waals surface area contributed by atoms with Crippen LogP contribution in [0.5, 0.6) is 0 Å². The monoisotopic (exact) mass is 286 g/mol. The molecule has 2 fully saturated rings. The average molecular weight is 286 g/mol. The van der Waals surface area contributed by atoms with Gasteiger partial charge in [-0.2, -0.15) is 0 Å². The second-order valence-corrected chi connectivity index (χ2v) is 5.92. The third-order valence-corrected chi connectivity index (χ3v) is 4.70. The van der Waals surface area contributed by atoms with Crippen LogP contribution in [0.25, 0.3) is 11.0 Å². The first kappa shape index (κ1) is 13.1. The lowest BCUT2D eigenvalue weighted by Gasteiger charge is -2.31. The lowest BCUT2D eigenvalue weighted by molar-refractivity contribution is 0.0856. The number of nitrogens with one attached hydrogen (secondary N) is 2. The summed E-state index contributed by atoms with van der Waals surface area (Å²) in [6.07, 6.45) is 6.31. The van der Waals surface area contributed by atoms with Crippen molar-refractivity contribution in [1.82, 2.24) is 15.3 Å². The molecule has 2 aliphatic heterocycles. The minimum atomic E-state index is 0.596. The topological polar surface area (TPSA) is 53.2 Å². The molecule has 2 aromatic rings. The summed E-state index contributed by atoms with van der Waals surface area (Å²) in [5, 5.41) is 4.75. The van der Waals surface area contributed by atoms with E-state index in [1.54, 1.807) is 0 Å². The minimum Gasteiger partial charge on any atom is -0.381 e. The van der Waals surface area contributed by atoms with E-state index in [0.717, 1.165) is 57.9 Å². The van der Waals surface area contributed by atoms with Crippen LogP contribution in [-0.2, 0) is 4.74 Å². The number of aromatic amines is 1. The molecule has 2 N–H and O–H groups in total. The van der Waals surface area contributed by atoms with Gasteiger partial charge in [-0.25, -0.2) is 4.98 Å². The number of rotatable bonds is 2. The number of pyridine rings is 1. The van der Waals surface area contributed by atoms with E-state index >= 15 is 0 Å². The van der Waals surface area contributed by atoms with Gasteiger partial charge >= 0.3 is 0 Å². The molecule has 4 heterocycles. The number of anilines is 1. The lowest BCUT2D eigenvalue weighted by Crippen LogP contribution is -2.43. The van der Waals surface area contributed by atoms with Gasteiger partial charge in [0.15, 0.2) is 0 Å². The molecule has 0 atom stereocenters. The molecule has 0 spiro atoms. The lowest BCUT2D eigenvalue weighted by atomic mass is 9.91. The third kappa shape index (κ3) is 2.40. The van der Waals surface area contributed by atoms with Crippen LogP contribution in [0.2, 0.25) is 0 Å². The Labute approximate surface area is 124 Å². The molecule has 112 valence electrons. The normalized spacial score (nSPS) is 21.0. The Morgan fingerprint density at radius 3 is 2.81 bits per heavy atom. The largest absolute Gasteiger partial charge is 0.381 e. The van der Waals surface area contributed by atoms with Crippen molar-refractivity contribution < 1.29 is 4.74 Å². The average Bonchev–Trinajstić information content (AvgIpc) is 3.00. The van der Waals surface area contributed by atoms with Crippen LogP contribution >= 0.6 is 0 Å². The van der Waals surface area contributed by atoms with Gasteiger partial charge in [0.05, 0.1) is 0 Å². The Balaban J connectivity index is 1.77. The summed E-state index contributed by atoms with van der Waals surface area (Å²) < 4.78 is 5.51. The molecule has 5 nitrogen and oxygen atoms in total. The molecule has 4 rings (SSSR count). The van der Waals surface area contributed by atoms with E-state index < -0.39 is 0 Å². The predicted octanol–water partition coefficient (Wildman–Crippen LogP) is 1.87. The number of ether oxygens (including phenoxy) is 1. The number of piperazine rings is 1. The van der Waals surface area contributed by atoms with Crippen LogP contribution in [-0.4, -0.2) is 49.4 Å². The van der Waals surface area contributed by atoms with Gasteiger partial charge < -0.3 is 19.9 Å². The van der Waals surface area contributed by atoms with Crippen molar-refractivity contribution in [3.63, 3.8) is 0 Å². The molecule has 5 heteroatoms. The SMILES string of the molecule is c1cc(N2CCNCC2)c2c(C3CCOCC3)c[nH]c2n1. The minimum absolute atomic E-state index is 0.596. The molecule has 2 aromatic heterocycles. The number of aromatic nitrogens is 2. The maximum Gasteiger partial charge on any atom is 0.139 e. The fraction of sp³-hybridized carbons (Fsp3) is 0.562. The summed E-state index contributed by atoms with van der Waals surface area (Å²) in [4.78, 5) is 10.4. The Morgan fingerprint density at radius 1 is 1.19 bits per heavy atom. The molecule has 0 radical (unpaired) electrons. The molecule has 0 amide bonds. The van der Waals surface area contributed by atoms with Gasteiger partial charge in [0.25, 0.3) is 0 Å². The summed E-state index contributed by atoms with van der Waals surface area (Å²) in [7, 11) is 0. The summed E-state index contributed by atoms with van der Waals surface area (Å²) >= 11 is 0. The van der Waals surface area contributed by atoms with Gasteiger partial charge in [-0.3, -0.25) is 0 Å². The van der Waals surface area contributed by atoms with Crippen LogP contribution in [0.3, 0.4) is 0 Å². The fourth-order valence-corrected chi connectivity index (χ4v) is 3.56. The summed E-state index contributed by atoms with van der Waals surface area (Å²) in [6.45, 7) is 6.00. The van der Waals surface area contributed by atoms with Crippen LogP contribution in [0.15, 0.2) is 18.5 Å². The van der Waals surface area contributed by atoms with Crippen molar-refractivity contribution in [3.8, 4) is 0 Å². The molecule has 2 aliphatic rings. The Kier molecular flexibility index (Phi) is 3.53. The van der Waals surface area contributed by atoms with Crippen molar-refractivity contribution >= 4 is 16.7 Å². The second kappa shape index (κ2) is 5.66. The van der Waals surface area contributed by atoms with Crippen LogP contribution in [0.4, 0.5) is 5.69 Å². The maximum absolute atomic E-state index is 5.51. The number of hydrogen-bond donors (Lipinski definition) is 2. The highest BCUT2D eigenvalue weighted by molar-refractivity contribution is 5.93. The quantitative estimate of drug-likeness (QED) is 0.885. The predicted molar refractivity (Wildman–Crippen MR) is 84.0 cm³/mol. The maximum atomic E-state index is 5.51. The zero-order chi connectivity index (χ0) is 14.1. The van der Waals surface area contributed by atoms with E-state index in [2.05, 4.69) is 32.4 Å². The third-order valence-electron chi connectivity index (χ3n) is 4.70. The Bertz CT molecular complexity index is 612. The van der Waals surface area contributed by atoms with Gasteiger partial charge in [0, 0.05) is 62.9 Å². The number of fused-ring (bicyclic) bond motifs is 1. The van der Waals surface area contributed by atoms with Crippen LogP contribution in [0.1, 0.15) is 24.3 Å². The van der Waals surface area contributed by atoms with Gasteiger partial charge in [-0.15, -0.1) is 0 Å². The standard InChI is InChI=1S/C16H22N4O/c1-4-18-16-15(14(1)20-7-5-17-6-8-20)13(11-19-16)12-2-9-21-10-3-12/h1,4,11-12,17H,2-3,5-10H2,(H,18,19). The first-order valence-electron chi connectivity index (χ1n) is 7.93. The first-order chi connectivity index (χ1) is 10.4. The molecule has 0 aliphatic carbocycles. The summed E-state index contributed by atoms with van der Waals surface area (Å²) in [5.41, 5.74) is 3.78. The van der Waals surface area contributed by atoms with E-state index in [9.17, 15) is 0 Å².